The van der Waals surface area contributed by atoms with Crippen molar-refractivity contribution in [2.45, 2.75) is 38.1 Å². The van der Waals surface area contributed by atoms with Gasteiger partial charge in [0.1, 0.15) is 12.4 Å². The minimum absolute atomic E-state index is 0.494. The highest BCUT2D eigenvalue weighted by molar-refractivity contribution is 5.56. The second-order valence-corrected chi connectivity index (χ2v) is 6.80. The summed E-state index contributed by atoms with van der Waals surface area (Å²) in [6.07, 6.45) is 9.42. The largest absolute Gasteiger partial charge is 0.490 e. The third-order valence-corrected chi connectivity index (χ3v) is 4.97. The van der Waals surface area contributed by atoms with Crippen LogP contribution >= 0.6 is 0 Å². The standard InChI is InChI=1S/C20H25N3O/c1-2-18(22-8-1)14-24-19-11-16(12-21-13-19)4-3-15-5-6-20-17(10-15)7-9-23-20/h5-6,10-13,18,22-23H,1-4,7-9,14H2. The summed E-state index contributed by atoms with van der Waals surface area (Å²) in [6.45, 7) is 2.92. The lowest BCUT2D eigenvalue weighted by Crippen LogP contribution is -2.28. The number of aromatic nitrogens is 1. The van der Waals surface area contributed by atoms with Crippen molar-refractivity contribution < 1.29 is 4.74 Å². The first-order chi connectivity index (χ1) is 11.9. The number of nitrogens with one attached hydrogen (secondary N) is 2. The Morgan fingerprint density at radius 2 is 2.04 bits per heavy atom. The summed E-state index contributed by atoms with van der Waals surface area (Å²) in [5.74, 6) is 0.888. The highest BCUT2D eigenvalue weighted by atomic mass is 16.5. The number of hydrogen-bond acceptors (Lipinski definition) is 4. The number of ether oxygens (including phenoxy) is 1. The van der Waals surface area contributed by atoms with Crippen molar-refractivity contribution in [1.82, 2.24) is 10.3 Å². The number of nitrogens with zero attached hydrogens (tertiary/aromatic N) is 1. The molecule has 0 radical (unpaired) electrons. The Morgan fingerprint density at radius 3 is 2.96 bits per heavy atom. The van der Waals surface area contributed by atoms with Crippen LogP contribution in [0.2, 0.25) is 0 Å². The van der Waals surface area contributed by atoms with Gasteiger partial charge in [0.2, 0.25) is 0 Å². The molecule has 2 N–H and O–H groups in total. The lowest BCUT2D eigenvalue weighted by Gasteiger charge is -2.12. The van der Waals surface area contributed by atoms with Gasteiger partial charge >= 0.3 is 0 Å². The Labute approximate surface area is 143 Å². The Kier molecular flexibility index (Phi) is 4.65. The van der Waals surface area contributed by atoms with Gasteiger partial charge in [0, 0.05) is 24.5 Å². The van der Waals surface area contributed by atoms with Crippen molar-refractivity contribution in [3.8, 4) is 5.75 Å². The number of rotatable bonds is 6. The number of pyridine rings is 1. The van der Waals surface area contributed by atoms with Crippen molar-refractivity contribution >= 4 is 5.69 Å². The predicted octanol–water partition coefficient (Wildman–Crippen LogP) is 2.97. The quantitative estimate of drug-likeness (QED) is 0.858. The topological polar surface area (TPSA) is 46.2 Å². The molecule has 4 rings (SSSR count). The Bertz CT molecular complexity index is 695. The number of benzene rings is 1. The number of fused-ring (bicyclic) bond motifs is 1. The molecule has 1 fully saturated rings. The van der Waals surface area contributed by atoms with Crippen LogP contribution in [0.15, 0.2) is 36.7 Å². The van der Waals surface area contributed by atoms with Crippen LogP contribution in [0.25, 0.3) is 0 Å². The smallest absolute Gasteiger partial charge is 0.137 e. The van der Waals surface area contributed by atoms with Gasteiger partial charge in [-0.05, 0) is 67.5 Å². The molecule has 24 heavy (non-hydrogen) atoms. The summed E-state index contributed by atoms with van der Waals surface area (Å²) < 4.78 is 5.91. The van der Waals surface area contributed by atoms with Crippen LogP contribution in [0.3, 0.4) is 0 Å². The van der Waals surface area contributed by atoms with Gasteiger partial charge in [0.25, 0.3) is 0 Å². The molecule has 0 saturated carbocycles. The molecule has 0 amide bonds. The van der Waals surface area contributed by atoms with Gasteiger partial charge in [-0.25, -0.2) is 0 Å². The second-order valence-electron chi connectivity index (χ2n) is 6.80. The predicted molar refractivity (Wildman–Crippen MR) is 96.8 cm³/mol. The molecular weight excluding hydrogens is 298 g/mol. The maximum atomic E-state index is 5.91. The van der Waals surface area contributed by atoms with Crippen molar-refractivity contribution in [3.05, 3.63) is 53.3 Å². The van der Waals surface area contributed by atoms with Gasteiger partial charge in [0.15, 0.2) is 0 Å². The Balaban J connectivity index is 1.33. The molecule has 2 aliphatic rings. The molecule has 4 nitrogen and oxygen atoms in total. The normalized spacial score (nSPS) is 19.1. The van der Waals surface area contributed by atoms with E-state index in [-0.39, 0.29) is 0 Å². The molecule has 1 atom stereocenters. The van der Waals surface area contributed by atoms with E-state index in [2.05, 4.69) is 39.9 Å². The zero-order valence-corrected chi connectivity index (χ0v) is 14.1. The average molecular weight is 323 g/mol. The average Bonchev–Trinajstić information content (AvgIpc) is 3.29. The van der Waals surface area contributed by atoms with Crippen molar-refractivity contribution in [2.24, 2.45) is 0 Å². The summed E-state index contributed by atoms with van der Waals surface area (Å²) in [7, 11) is 0. The fraction of sp³-hybridized carbons (Fsp3) is 0.450. The lowest BCUT2D eigenvalue weighted by atomic mass is 10.0. The molecular formula is C20H25N3O. The molecule has 126 valence electrons. The molecule has 0 aliphatic carbocycles. The van der Waals surface area contributed by atoms with Crippen LogP contribution in [0.4, 0.5) is 5.69 Å². The van der Waals surface area contributed by atoms with E-state index in [0.29, 0.717) is 6.04 Å². The van der Waals surface area contributed by atoms with Gasteiger partial charge < -0.3 is 15.4 Å². The summed E-state index contributed by atoms with van der Waals surface area (Å²) in [5.41, 5.74) is 5.40. The summed E-state index contributed by atoms with van der Waals surface area (Å²) in [5, 5.41) is 6.87. The Morgan fingerprint density at radius 1 is 1.08 bits per heavy atom. The van der Waals surface area contributed by atoms with E-state index in [9.17, 15) is 0 Å². The van der Waals surface area contributed by atoms with Crippen LogP contribution in [-0.2, 0) is 19.3 Å². The molecule has 1 saturated heterocycles. The monoisotopic (exact) mass is 323 g/mol. The molecule has 1 unspecified atom stereocenters. The number of aryl methyl sites for hydroxylation is 2. The van der Waals surface area contributed by atoms with E-state index in [1.54, 1.807) is 0 Å². The molecule has 2 aliphatic heterocycles. The fourth-order valence-electron chi connectivity index (χ4n) is 3.58. The zero-order chi connectivity index (χ0) is 16.2. The van der Waals surface area contributed by atoms with Gasteiger partial charge in [-0.1, -0.05) is 12.1 Å². The SMILES string of the molecule is c1cc2c(cc1CCc1cncc(OCC3CCCN3)c1)CCN2. The lowest BCUT2D eigenvalue weighted by molar-refractivity contribution is 0.276. The molecule has 4 heteroatoms. The van der Waals surface area contributed by atoms with Crippen LogP contribution in [-0.4, -0.2) is 30.7 Å². The highest BCUT2D eigenvalue weighted by Gasteiger charge is 2.14. The third-order valence-electron chi connectivity index (χ3n) is 4.97. The fourth-order valence-corrected chi connectivity index (χ4v) is 3.58. The summed E-state index contributed by atoms with van der Waals surface area (Å²) in [4.78, 5) is 4.34. The van der Waals surface area contributed by atoms with Gasteiger partial charge in [-0.15, -0.1) is 0 Å². The van der Waals surface area contributed by atoms with Crippen molar-refractivity contribution in [3.63, 3.8) is 0 Å². The minimum Gasteiger partial charge on any atom is -0.490 e. The van der Waals surface area contributed by atoms with E-state index in [1.807, 2.05) is 12.4 Å². The van der Waals surface area contributed by atoms with Crippen LogP contribution < -0.4 is 15.4 Å². The summed E-state index contributed by atoms with van der Waals surface area (Å²) >= 11 is 0. The van der Waals surface area contributed by atoms with E-state index >= 15 is 0 Å². The molecule has 3 heterocycles. The molecule has 2 aromatic rings. The van der Waals surface area contributed by atoms with Gasteiger partial charge in [-0.2, -0.15) is 0 Å². The maximum absolute atomic E-state index is 5.91. The first-order valence-corrected chi connectivity index (χ1v) is 9.02. The van der Waals surface area contributed by atoms with Crippen LogP contribution in [0, 0.1) is 0 Å². The zero-order valence-electron chi connectivity index (χ0n) is 14.1. The molecule has 0 spiro atoms. The third kappa shape index (κ3) is 3.70. The van der Waals surface area contributed by atoms with Crippen LogP contribution in [0.1, 0.15) is 29.5 Å². The summed E-state index contributed by atoms with van der Waals surface area (Å²) in [6, 6.07) is 9.42. The van der Waals surface area contributed by atoms with E-state index in [1.165, 1.54) is 35.2 Å². The molecule has 1 aromatic heterocycles. The minimum atomic E-state index is 0.494. The molecule has 0 bridgehead atoms. The first kappa shape index (κ1) is 15.5. The van der Waals surface area contributed by atoms with Crippen molar-refractivity contribution in [2.75, 3.05) is 25.0 Å². The maximum Gasteiger partial charge on any atom is 0.137 e. The van der Waals surface area contributed by atoms with Gasteiger partial charge in [-0.3, -0.25) is 4.98 Å². The van der Waals surface area contributed by atoms with Crippen molar-refractivity contribution in [1.29, 1.82) is 0 Å². The number of anilines is 1. The second kappa shape index (κ2) is 7.22. The van der Waals surface area contributed by atoms with Crippen LogP contribution in [0.5, 0.6) is 5.75 Å². The van der Waals surface area contributed by atoms with E-state index < -0.39 is 0 Å². The molecule has 1 aromatic carbocycles. The first-order valence-electron chi connectivity index (χ1n) is 9.02. The highest BCUT2D eigenvalue weighted by Crippen LogP contribution is 2.24. The van der Waals surface area contributed by atoms with Gasteiger partial charge in [0.05, 0.1) is 6.20 Å². The number of hydrogen-bond donors (Lipinski definition) is 2. The van der Waals surface area contributed by atoms with E-state index in [0.717, 1.165) is 44.7 Å². The van der Waals surface area contributed by atoms with E-state index in [4.69, 9.17) is 4.74 Å². The Hall–Kier alpha value is -2.07.